The van der Waals surface area contributed by atoms with E-state index in [1.54, 1.807) is 6.92 Å². The van der Waals surface area contributed by atoms with Crippen LogP contribution in [-0.4, -0.2) is 24.1 Å². The minimum atomic E-state index is -4.76. The first-order valence-corrected chi connectivity index (χ1v) is 6.79. The van der Waals surface area contributed by atoms with Gasteiger partial charge in [-0.3, -0.25) is 0 Å². The van der Waals surface area contributed by atoms with E-state index in [1.165, 1.54) is 12.1 Å². The van der Waals surface area contributed by atoms with Crippen LogP contribution in [-0.2, 0) is 4.74 Å². The number of carbonyl (C=O) groups is 1. The fourth-order valence-electron chi connectivity index (χ4n) is 1.59. The number of halogens is 4. The van der Waals surface area contributed by atoms with Gasteiger partial charge in [0.05, 0.1) is 6.61 Å². The second-order valence-corrected chi connectivity index (χ2v) is 4.76. The van der Waals surface area contributed by atoms with Gasteiger partial charge < -0.3 is 14.0 Å². The lowest BCUT2D eigenvalue weighted by molar-refractivity contribution is -0.274. The maximum absolute atomic E-state index is 12.1. The van der Waals surface area contributed by atoms with E-state index in [0.717, 1.165) is 12.1 Å². The lowest BCUT2D eigenvalue weighted by Gasteiger charge is -2.08. The van der Waals surface area contributed by atoms with Gasteiger partial charge in [0.2, 0.25) is 5.69 Å². The Hall–Kier alpha value is -2.03. The summed E-state index contributed by atoms with van der Waals surface area (Å²) in [6, 6.07) is 4.95. The summed E-state index contributed by atoms with van der Waals surface area (Å²) in [5.74, 6) is -0.833. The topological polar surface area (TPSA) is 61.6 Å². The molecule has 0 aliphatic carbocycles. The van der Waals surface area contributed by atoms with Crippen molar-refractivity contribution in [2.45, 2.75) is 13.3 Å². The number of hydrogen-bond donors (Lipinski definition) is 0. The Morgan fingerprint density at radius 2 is 1.95 bits per heavy atom. The first kappa shape index (κ1) is 16.3. The molecule has 2 aromatic rings. The number of nitrogens with zero attached hydrogens (tertiary/aromatic N) is 1. The number of benzene rings is 1. The highest BCUT2D eigenvalue weighted by Crippen LogP contribution is 2.33. The van der Waals surface area contributed by atoms with Gasteiger partial charge in [-0.15, -0.1) is 13.2 Å². The molecule has 0 unspecified atom stereocenters. The third-order valence-electron chi connectivity index (χ3n) is 2.45. The molecule has 2 rings (SSSR count). The molecule has 0 saturated heterocycles. The van der Waals surface area contributed by atoms with Crippen LogP contribution >= 0.6 is 15.9 Å². The van der Waals surface area contributed by atoms with E-state index in [9.17, 15) is 18.0 Å². The third-order valence-corrected chi connectivity index (χ3v) is 3.19. The third kappa shape index (κ3) is 3.79. The van der Waals surface area contributed by atoms with Crippen molar-refractivity contribution in [1.82, 2.24) is 5.16 Å². The predicted molar refractivity (Wildman–Crippen MR) is 72.3 cm³/mol. The number of ether oxygens (including phenoxy) is 2. The summed E-state index contributed by atoms with van der Waals surface area (Å²) in [7, 11) is 0. The molecule has 0 spiro atoms. The minimum absolute atomic E-state index is 0.0486. The molecule has 0 atom stereocenters. The molecule has 0 bridgehead atoms. The van der Waals surface area contributed by atoms with Crippen LogP contribution in [0, 0.1) is 0 Å². The molecule has 1 heterocycles. The molecule has 1 aromatic heterocycles. The maximum atomic E-state index is 12.1. The molecule has 0 aliphatic rings. The van der Waals surface area contributed by atoms with E-state index < -0.39 is 12.3 Å². The Balaban J connectivity index is 2.24. The first-order chi connectivity index (χ1) is 10.3. The first-order valence-electron chi connectivity index (χ1n) is 6.00. The summed E-state index contributed by atoms with van der Waals surface area (Å²) in [6.07, 6.45) is -4.76. The lowest BCUT2D eigenvalue weighted by Crippen LogP contribution is -2.16. The second-order valence-electron chi connectivity index (χ2n) is 3.97. The van der Waals surface area contributed by atoms with E-state index in [4.69, 9.17) is 9.26 Å². The maximum Gasteiger partial charge on any atom is 0.573 e. The van der Waals surface area contributed by atoms with Crippen molar-refractivity contribution in [3.05, 3.63) is 34.4 Å². The van der Waals surface area contributed by atoms with Crippen LogP contribution in [0.4, 0.5) is 13.2 Å². The highest BCUT2D eigenvalue weighted by Gasteiger charge is 2.31. The standard InChI is InChI=1S/C13H9BrF3NO4/c1-2-20-12(19)10-9(14)11(22-18-10)7-3-5-8(6-4-7)21-13(15,16)17/h3-6H,2H2,1H3. The molecule has 9 heteroatoms. The molecular weight excluding hydrogens is 371 g/mol. The van der Waals surface area contributed by atoms with Gasteiger partial charge in [0.25, 0.3) is 0 Å². The van der Waals surface area contributed by atoms with Crippen LogP contribution in [0.3, 0.4) is 0 Å². The Labute approximate surface area is 131 Å². The number of rotatable bonds is 4. The van der Waals surface area contributed by atoms with E-state index >= 15 is 0 Å². The van der Waals surface area contributed by atoms with E-state index in [0.29, 0.717) is 5.56 Å². The molecule has 0 fully saturated rings. The van der Waals surface area contributed by atoms with Gasteiger partial charge in [-0.1, -0.05) is 5.16 Å². The van der Waals surface area contributed by atoms with Crippen LogP contribution in [0.25, 0.3) is 11.3 Å². The summed E-state index contributed by atoms with van der Waals surface area (Å²) >= 11 is 3.16. The van der Waals surface area contributed by atoms with Crippen LogP contribution in [0.5, 0.6) is 5.75 Å². The monoisotopic (exact) mass is 379 g/mol. The molecule has 0 N–H and O–H groups in total. The quantitative estimate of drug-likeness (QED) is 0.745. The van der Waals surface area contributed by atoms with E-state index in [2.05, 4.69) is 25.8 Å². The number of alkyl halides is 3. The zero-order valence-electron chi connectivity index (χ0n) is 11.1. The van der Waals surface area contributed by atoms with Crippen molar-refractivity contribution in [1.29, 1.82) is 0 Å². The zero-order valence-corrected chi connectivity index (χ0v) is 12.7. The number of esters is 1. The smallest absolute Gasteiger partial charge is 0.461 e. The van der Waals surface area contributed by atoms with E-state index in [-0.39, 0.29) is 28.3 Å². The SMILES string of the molecule is CCOC(=O)c1noc(-c2ccc(OC(F)(F)F)cc2)c1Br. The predicted octanol–water partition coefficient (Wildman–Crippen LogP) is 4.18. The average molecular weight is 380 g/mol. The van der Waals surface area contributed by atoms with E-state index in [1.807, 2.05) is 0 Å². The van der Waals surface area contributed by atoms with Crippen molar-refractivity contribution in [3.63, 3.8) is 0 Å². The minimum Gasteiger partial charge on any atom is -0.461 e. The average Bonchev–Trinajstić information content (AvgIpc) is 2.80. The fraction of sp³-hybridized carbons (Fsp3) is 0.231. The summed E-state index contributed by atoms with van der Waals surface area (Å²) in [5, 5.41) is 3.58. The summed E-state index contributed by atoms with van der Waals surface area (Å²) in [4.78, 5) is 11.6. The summed E-state index contributed by atoms with van der Waals surface area (Å²) in [6.45, 7) is 1.82. The van der Waals surface area contributed by atoms with Gasteiger partial charge in [0.15, 0.2) is 5.76 Å². The van der Waals surface area contributed by atoms with Crippen molar-refractivity contribution >= 4 is 21.9 Å². The van der Waals surface area contributed by atoms with Gasteiger partial charge >= 0.3 is 12.3 Å². The van der Waals surface area contributed by atoms with Crippen LogP contribution in [0.2, 0.25) is 0 Å². The van der Waals surface area contributed by atoms with Crippen molar-refractivity contribution in [2.75, 3.05) is 6.61 Å². The number of carbonyl (C=O) groups excluding carboxylic acids is 1. The Bertz CT molecular complexity index is 667. The number of aromatic nitrogens is 1. The van der Waals surface area contributed by atoms with Crippen LogP contribution < -0.4 is 4.74 Å². The zero-order chi connectivity index (χ0) is 16.3. The lowest BCUT2D eigenvalue weighted by atomic mass is 10.1. The fourth-order valence-corrected chi connectivity index (χ4v) is 2.13. The van der Waals surface area contributed by atoms with Gasteiger partial charge in [0.1, 0.15) is 10.2 Å². The molecular formula is C13H9BrF3NO4. The normalized spacial score (nSPS) is 11.3. The van der Waals surface area contributed by atoms with Crippen LogP contribution in [0.1, 0.15) is 17.4 Å². The largest absolute Gasteiger partial charge is 0.573 e. The van der Waals surface area contributed by atoms with Gasteiger partial charge in [-0.05, 0) is 47.1 Å². The van der Waals surface area contributed by atoms with Gasteiger partial charge in [-0.25, -0.2) is 4.79 Å². The molecule has 5 nitrogen and oxygen atoms in total. The molecule has 0 radical (unpaired) electrons. The van der Waals surface area contributed by atoms with Crippen LogP contribution in [0.15, 0.2) is 33.3 Å². The van der Waals surface area contributed by atoms with Gasteiger partial charge in [0, 0.05) is 5.56 Å². The Morgan fingerprint density at radius 3 is 2.50 bits per heavy atom. The number of hydrogen-bond acceptors (Lipinski definition) is 5. The highest BCUT2D eigenvalue weighted by atomic mass is 79.9. The van der Waals surface area contributed by atoms with Crippen molar-refractivity contribution < 1.29 is 32.0 Å². The molecule has 0 saturated carbocycles. The molecule has 0 amide bonds. The summed E-state index contributed by atoms with van der Waals surface area (Å²) in [5.41, 5.74) is 0.372. The molecule has 1 aromatic carbocycles. The second kappa shape index (κ2) is 6.39. The van der Waals surface area contributed by atoms with Gasteiger partial charge in [-0.2, -0.15) is 0 Å². The molecule has 118 valence electrons. The Kier molecular flexibility index (Phi) is 4.74. The van der Waals surface area contributed by atoms with Crippen molar-refractivity contribution in [2.24, 2.45) is 0 Å². The molecule has 22 heavy (non-hydrogen) atoms. The molecule has 0 aliphatic heterocycles. The Morgan fingerprint density at radius 1 is 1.32 bits per heavy atom. The highest BCUT2D eigenvalue weighted by molar-refractivity contribution is 9.10. The summed E-state index contributed by atoms with van der Waals surface area (Å²) < 4.78 is 50.1. The van der Waals surface area contributed by atoms with Crippen molar-refractivity contribution in [3.8, 4) is 17.1 Å².